The van der Waals surface area contributed by atoms with Crippen molar-refractivity contribution < 1.29 is 8.42 Å². The second-order valence-corrected chi connectivity index (χ2v) is 6.43. The van der Waals surface area contributed by atoms with E-state index in [2.05, 4.69) is 9.82 Å². The summed E-state index contributed by atoms with van der Waals surface area (Å²) < 4.78 is 29.1. The zero-order chi connectivity index (χ0) is 14.8. The van der Waals surface area contributed by atoms with Gasteiger partial charge in [-0.1, -0.05) is 37.3 Å². The molecular weight excluding hydrogens is 274 g/mol. The summed E-state index contributed by atoms with van der Waals surface area (Å²) in [7, 11) is -1.85. The highest BCUT2D eigenvalue weighted by Gasteiger charge is 2.23. The molecule has 0 fully saturated rings. The van der Waals surface area contributed by atoms with Crippen molar-refractivity contribution in [1.29, 1.82) is 0 Å². The van der Waals surface area contributed by atoms with Crippen molar-refractivity contribution in [3.05, 3.63) is 47.8 Å². The fourth-order valence-electron chi connectivity index (χ4n) is 2.16. The van der Waals surface area contributed by atoms with Gasteiger partial charge in [0, 0.05) is 19.3 Å². The molecule has 1 atom stereocenters. The lowest BCUT2D eigenvalue weighted by atomic mass is 10.1. The highest BCUT2D eigenvalue weighted by atomic mass is 32.2. The highest BCUT2D eigenvalue weighted by molar-refractivity contribution is 7.89. The third-order valence-electron chi connectivity index (χ3n) is 3.17. The third-order valence-corrected chi connectivity index (χ3v) is 4.74. The van der Waals surface area contributed by atoms with E-state index in [0.717, 1.165) is 5.56 Å². The van der Waals surface area contributed by atoms with Crippen molar-refractivity contribution >= 4 is 10.0 Å². The smallest absolute Gasteiger partial charge is 0.244 e. The Morgan fingerprint density at radius 2 is 1.95 bits per heavy atom. The van der Waals surface area contributed by atoms with Gasteiger partial charge in [-0.25, -0.2) is 13.1 Å². The van der Waals surface area contributed by atoms with Crippen molar-refractivity contribution in [3.8, 4) is 0 Å². The lowest BCUT2D eigenvalue weighted by Gasteiger charge is -2.17. The maximum absolute atomic E-state index is 12.4. The van der Waals surface area contributed by atoms with E-state index < -0.39 is 10.0 Å². The number of sulfonamides is 1. The Morgan fingerprint density at radius 1 is 1.30 bits per heavy atom. The molecule has 0 saturated carbocycles. The fourth-order valence-corrected chi connectivity index (χ4v) is 3.69. The molecule has 20 heavy (non-hydrogen) atoms. The summed E-state index contributed by atoms with van der Waals surface area (Å²) in [6.07, 6.45) is 2.21. The van der Waals surface area contributed by atoms with Crippen molar-refractivity contribution in [2.75, 3.05) is 0 Å². The van der Waals surface area contributed by atoms with Gasteiger partial charge in [-0.15, -0.1) is 0 Å². The van der Waals surface area contributed by atoms with Crippen LogP contribution in [-0.4, -0.2) is 18.2 Å². The third kappa shape index (κ3) is 3.08. The van der Waals surface area contributed by atoms with Crippen LogP contribution in [0, 0.1) is 6.92 Å². The molecule has 1 N–H and O–H groups in total. The largest absolute Gasteiger partial charge is 0.274 e. The van der Waals surface area contributed by atoms with Gasteiger partial charge in [0.05, 0.1) is 5.69 Å². The Balaban J connectivity index is 2.29. The molecular formula is C14H19N3O2S. The minimum absolute atomic E-state index is 0.231. The van der Waals surface area contributed by atoms with Gasteiger partial charge in [-0.3, -0.25) is 4.68 Å². The van der Waals surface area contributed by atoms with Crippen molar-refractivity contribution in [1.82, 2.24) is 14.5 Å². The monoisotopic (exact) mass is 293 g/mol. The Morgan fingerprint density at radius 3 is 2.45 bits per heavy atom. The maximum atomic E-state index is 12.4. The number of hydrogen-bond acceptors (Lipinski definition) is 3. The number of nitrogens with one attached hydrogen (secondary N) is 1. The zero-order valence-electron chi connectivity index (χ0n) is 11.9. The van der Waals surface area contributed by atoms with Crippen molar-refractivity contribution in [2.45, 2.75) is 31.2 Å². The molecule has 1 aromatic heterocycles. The van der Waals surface area contributed by atoms with Gasteiger partial charge in [0.15, 0.2) is 0 Å². The van der Waals surface area contributed by atoms with Crippen LogP contribution in [0.3, 0.4) is 0 Å². The van der Waals surface area contributed by atoms with E-state index in [0.29, 0.717) is 12.1 Å². The molecule has 6 heteroatoms. The van der Waals surface area contributed by atoms with Gasteiger partial charge < -0.3 is 0 Å². The molecule has 0 radical (unpaired) electrons. The molecule has 108 valence electrons. The number of nitrogens with zero attached hydrogens (tertiary/aromatic N) is 2. The Labute approximate surface area is 119 Å². The summed E-state index contributed by atoms with van der Waals surface area (Å²) >= 11 is 0. The number of aryl methyl sites for hydroxylation is 2. The van der Waals surface area contributed by atoms with Gasteiger partial charge in [0.1, 0.15) is 4.90 Å². The predicted octanol–water partition coefficient (Wildman–Crippen LogP) is 2.16. The summed E-state index contributed by atoms with van der Waals surface area (Å²) in [4.78, 5) is 0.231. The van der Waals surface area contributed by atoms with Crippen LogP contribution in [0.15, 0.2) is 41.4 Å². The fraction of sp³-hybridized carbons (Fsp3) is 0.357. The van der Waals surface area contributed by atoms with Gasteiger partial charge >= 0.3 is 0 Å². The zero-order valence-corrected chi connectivity index (χ0v) is 12.7. The Bertz CT molecular complexity index is 678. The van der Waals surface area contributed by atoms with Gasteiger partial charge in [-0.2, -0.15) is 5.10 Å². The van der Waals surface area contributed by atoms with E-state index in [1.165, 1.54) is 10.9 Å². The first-order valence-electron chi connectivity index (χ1n) is 6.51. The SMILES string of the molecule is CC[C@@H](NS(=O)(=O)c1cn(C)nc1C)c1ccccc1. The van der Waals surface area contributed by atoms with Crippen LogP contribution in [-0.2, 0) is 17.1 Å². The quantitative estimate of drug-likeness (QED) is 0.918. The number of rotatable bonds is 5. The normalized spacial score (nSPS) is 13.3. The van der Waals surface area contributed by atoms with Crippen LogP contribution in [0.5, 0.6) is 0 Å². The molecule has 0 aliphatic heterocycles. The summed E-state index contributed by atoms with van der Waals surface area (Å²) in [6, 6.07) is 9.33. The molecule has 0 aliphatic rings. The Hall–Kier alpha value is -1.66. The second kappa shape index (κ2) is 5.76. The minimum Gasteiger partial charge on any atom is -0.274 e. The van der Waals surface area contributed by atoms with Crippen LogP contribution in [0.25, 0.3) is 0 Å². The van der Waals surface area contributed by atoms with Crippen LogP contribution in [0.4, 0.5) is 0 Å². The van der Waals surface area contributed by atoms with E-state index in [1.54, 1.807) is 14.0 Å². The summed E-state index contributed by atoms with van der Waals surface area (Å²) in [5.41, 5.74) is 1.46. The van der Waals surface area contributed by atoms with Crippen LogP contribution >= 0.6 is 0 Å². The topological polar surface area (TPSA) is 64.0 Å². The molecule has 0 bridgehead atoms. The molecule has 0 amide bonds. The first-order chi connectivity index (χ1) is 9.44. The molecule has 5 nitrogen and oxygen atoms in total. The van der Waals surface area contributed by atoms with E-state index in [-0.39, 0.29) is 10.9 Å². The lowest BCUT2D eigenvalue weighted by Crippen LogP contribution is -2.28. The van der Waals surface area contributed by atoms with Crippen molar-refractivity contribution in [3.63, 3.8) is 0 Å². The number of benzene rings is 1. The predicted molar refractivity (Wildman–Crippen MR) is 77.7 cm³/mol. The minimum atomic E-state index is -3.56. The lowest BCUT2D eigenvalue weighted by molar-refractivity contribution is 0.549. The molecule has 2 aromatic rings. The van der Waals surface area contributed by atoms with Gasteiger partial charge in [0.2, 0.25) is 10.0 Å². The second-order valence-electron chi connectivity index (χ2n) is 4.75. The standard InChI is InChI=1S/C14H19N3O2S/c1-4-13(12-8-6-5-7-9-12)16-20(18,19)14-10-17(3)15-11(14)2/h5-10,13,16H,4H2,1-3H3/t13-/m1/s1. The summed E-state index contributed by atoms with van der Waals surface area (Å²) in [6.45, 7) is 3.65. The summed E-state index contributed by atoms with van der Waals surface area (Å²) in [5.74, 6) is 0. The molecule has 0 saturated heterocycles. The molecule has 2 rings (SSSR count). The first-order valence-corrected chi connectivity index (χ1v) is 8.00. The van der Waals surface area contributed by atoms with Crippen LogP contribution in [0.2, 0.25) is 0 Å². The van der Waals surface area contributed by atoms with Gasteiger partial charge in [0.25, 0.3) is 0 Å². The van der Waals surface area contributed by atoms with E-state index in [9.17, 15) is 8.42 Å². The molecule has 1 aromatic carbocycles. The number of aromatic nitrogens is 2. The average Bonchev–Trinajstić information content (AvgIpc) is 2.77. The van der Waals surface area contributed by atoms with Crippen LogP contribution in [0.1, 0.15) is 30.6 Å². The maximum Gasteiger partial charge on any atom is 0.244 e. The van der Waals surface area contributed by atoms with E-state index >= 15 is 0 Å². The average molecular weight is 293 g/mol. The van der Waals surface area contributed by atoms with Crippen LogP contribution < -0.4 is 4.72 Å². The molecule has 0 spiro atoms. The molecule has 1 heterocycles. The number of hydrogen-bond donors (Lipinski definition) is 1. The Kier molecular flexibility index (Phi) is 4.25. The van der Waals surface area contributed by atoms with Crippen molar-refractivity contribution in [2.24, 2.45) is 7.05 Å². The highest BCUT2D eigenvalue weighted by Crippen LogP contribution is 2.21. The van der Waals surface area contributed by atoms with E-state index in [1.807, 2.05) is 37.3 Å². The van der Waals surface area contributed by atoms with Gasteiger partial charge in [-0.05, 0) is 18.9 Å². The molecule has 0 unspecified atom stereocenters. The first kappa shape index (κ1) is 14.7. The van der Waals surface area contributed by atoms with E-state index in [4.69, 9.17) is 0 Å². The summed E-state index contributed by atoms with van der Waals surface area (Å²) in [5, 5.41) is 4.08. The molecule has 0 aliphatic carbocycles.